The maximum atomic E-state index is 12.6. The summed E-state index contributed by atoms with van der Waals surface area (Å²) in [6.07, 6.45) is 1.06. The third-order valence-corrected chi connectivity index (χ3v) is 5.63. The molecule has 0 spiro atoms. The summed E-state index contributed by atoms with van der Waals surface area (Å²) in [5, 5.41) is 2.83. The van der Waals surface area contributed by atoms with Gasteiger partial charge in [0.2, 0.25) is 15.9 Å². The van der Waals surface area contributed by atoms with Crippen LogP contribution < -0.4 is 23.8 Å². The molecule has 2 aromatic rings. The van der Waals surface area contributed by atoms with Crippen LogP contribution in [0.25, 0.3) is 0 Å². The molecule has 0 aromatic heterocycles. The van der Waals surface area contributed by atoms with Gasteiger partial charge in [0.05, 0.1) is 25.1 Å². The van der Waals surface area contributed by atoms with Crippen LogP contribution in [0.15, 0.2) is 42.5 Å². The molecular formula is C20H24N2O6S. The van der Waals surface area contributed by atoms with Crippen molar-refractivity contribution in [1.82, 2.24) is 5.32 Å². The number of hydrogen-bond acceptors (Lipinski definition) is 6. The Morgan fingerprint density at radius 2 is 1.79 bits per heavy atom. The highest BCUT2D eigenvalue weighted by atomic mass is 32.2. The van der Waals surface area contributed by atoms with Gasteiger partial charge in [0.1, 0.15) is 25.5 Å². The van der Waals surface area contributed by atoms with Crippen LogP contribution in [0.2, 0.25) is 0 Å². The van der Waals surface area contributed by atoms with Crippen molar-refractivity contribution in [2.45, 2.75) is 13.0 Å². The first-order chi connectivity index (χ1) is 13.8. The Kier molecular flexibility index (Phi) is 6.17. The molecule has 8 nitrogen and oxygen atoms in total. The van der Waals surface area contributed by atoms with Crippen LogP contribution in [0.4, 0.5) is 5.69 Å². The van der Waals surface area contributed by atoms with Gasteiger partial charge in [0, 0.05) is 0 Å². The molecule has 1 amide bonds. The average molecular weight is 420 g/mol. The molecule has 3 rings (SSSR count). The van der Waals surface area contributed by atoms with E-state index in [4.69, 9.17) is 14.2 Å². The van der Waals surface area contributed by atoms with Crippen LogP contribution in [0, 0.1) is 0 Å². The van der Waals surface area contributed by atoms with Crippen molar-refractivity contribution in [2.24, 2.45) is 0 Å². The number of sulfonamides is 1. The second-order valence-electron chi connectivity index (χ2n) is 6.66. The van der Waals surface area contributed by atoms with E-state index < -0.39 is 15.9 Å². The molecule has 1 atom stereocenters. The molecule has 0 radical (unpaired) electrons. The van der Waals surface area contributed by atoms with Crippen LogP contribution in [-0.4, -0.2) is 47.4 Å². The maximum absolute atomic E-state index is 12.6. The molecule has 1 heterocycles. The number of carbonyl (C=O) groups is 1. The first kappa shape index (κ1) is 20.8. The lowest BCUT2D eigenvalue weighted by atomic mass is 10.1. The maximum Gasteiger partial charge on any atom is 0.241 e. The van der Waals surface area contributed by atoms with Crippen molar-refractivity contribution >= 4 is 21.6 Å². The lowest BCUT2D eigenvalue weighted by Crippen LogP contribution is -2.41. The highest BCUT2D eigenvalue weighted by Crippen LogP contribution is 2.32. The van der Waals surface area contributed by atoms with E-state index in [1.807, 2.05) is 19.1 Å². The van der Waals surface area contributed by atoms with Crippen molar-refractivity contribution in [1.29, 1.82) is 0 Å². The molecular weight excluding hydrogens is 396 g/mol. The van der Waals surface area contributed by atoms with Crippen molar-refractivity contribution in [3.05, 3.63) is 48.0 Å². The second kappa shape index (κ2) is 8.60. The number of ether oxygens (including phenoxy) is 3. The molecule has 1 N–H and O–H groups in total. The quantitative estimate of drug-likeness (QED) is 0.737. The van der Waals surface area contributed by atoms with Gasteiger partial charge in [-0.2, -0.15) is 0 Å². The standard InChI is InChI=1S/C20H24N2O6S/c1-14(15-4-9-18-19(12-15)28-11-10-27-18)21-20(23)13-22(29(3,24)25)16-5-7-17(26-2)8-6-16/h4-9,12,14H,10-11,13H2,1-3H3,(H,21,23)/t14-/m0/s1. The number of nitrogens with one attached hydrogen (secondary N) is 1. The Hall–Kier alpha value is -2.94. The third-order valence-electron chi connectivity index (χ3n) is 4.49. The summed E-state index contributed by atoms with van der Waals surface area (Å²) in [4.78, 5) is 12.6. The Bertz CT molecular complexity index is 975. The fraction of sp³-hybridized carbons (Fsp3) is 0.350. The summed E-state index contributed by atoms with van der Waals surface area (Å²) in [7, 11) is -2.13. The third kappa shape index (κ3) is 5.11. The molecule has 1 aliphatic rings. The van der Waals surface area contributed by atoms with Crippen LogP contribution in [0.3, 0.4) is 0 Å². The predicted molar refractivity (Wildman–Crippen MR) is 109 cm³/mol. The van der Waals surface area contributed by atoms with Crippen molar-refractivity contribution in [3.8, 4) is 17.2 Å². The Morgan fingerprint density at radius 3 is 2.41 bits per heavy atom. The lowest BCUT2D eigenvalue weighted by molar-refractivity contribution is -0.120. The number of nitrogens with zero attached hydrogens (tertiary/aromatic N) is 1. The van der Waals surface area contributed by atoms with E-state index in [1.54, 1.807) is 30.3 Å². The number of benzene rings is 2. The minimum absolute atomic E-state index is 0.333. The van der Waals surface area contributed by atoms with Crippen molar-refractivity contribution < 1.29 is 27.4 Å². The Morgan fingerprint density at radius 1 is 1.14 bits per heavy atom. The van der Waals surface area contributed by atoms with Crippen molar-refractivity contribution in [3.63, 3.8) is 0 Å². The number of methoxy groups -OCH3 is 1. The van der Waals surface area contributed by atoms with Gasteiger partial charge in [-0.1, -0.05) is 6.07 Å². The smallest absolute Gasteiger partial charge is 0.241 e. The molecule has 156 valence electrons. The average Bonchev–Trinajstić information content (AvgIpc) is 2.71. The normalized spacial score (nSPS) is 14.0. The number of amides is 1. The van der Waals surface area contributed by atoms with E-state index in [0.29, 0.717) is 36.1 Å². The highest BCUT2D eigenvalue weighted by Gasteiger charge is 2.22. The van der Waals surface area contributed by atoms with E-state index in [1.165, 1.54) is 7.11 Å². The van der Waals surface area contributed by atoms with E-state index >= 15 is 0 Å². The number of carbonyl (C=O) groups excluding carboxylic acids is 1. The van der Waals surface area contributed by atoms with Gasteiger partial charge in [0.15, 0.2) is 11.5 Å². The van der Waals surface area contributed by atoms with E-state index in [-0.39, 0.29) is 12.6 Å². The minimum Gasteiger partial charge on any atom is -0.497 e. The van der Waals surface area contributed by atoms with E-state index in [9.17, 15) is 13.2 Å². The van der Waals surface area contributed by atoms with Gasteiger partial charge >= 0.3 is 0 Å². The van der Waals surface area contributed by atoms with Crippen molar-refractivity contribution in [2.75, 3.05) is 37.4 Å². The molecule has 29 heavy (non-hydrogen) atoms. The van der Waals surface area contributed by atoms with E-state index in [0.717, 1.165) is 16.1 Å². The SMILES string of the molecule is COc1ccc(N(CC(=O)N[C@@H](C)c2ccc3c(c2)OCCO3)S(C)(=O)=O)cc1. The molecule has 2 aromatic carbocycles. The highest BCUT2D eigenvalue weighted by molar-refractivity contribution is 7.92. The first-order valence-electron chi connectivity index (χ1n) is 9.08. The molecule has 0 unspecified atom stereocenters. The number of anilines is 1. The van der Waals surface area contributed by atoms with Gasteiger partial charge < -0.3 is 19.5 Å². The number of rotatable bonds is 7. The zero-order valence-electron chi connectivity index (χ0n) is 16.5. The van der Waals surface area contributed by atoms with Gasteiger partial charge in [-0.15, -0.1) is 0 Å². The fourth-order valence-electron chi connectivity index (χ4n) is 2.98. The molecule has 9 heteroatoms. The van der Waals surface area contributed by atoms with Crippen LogP contribution in [0.1, 0.15) is 18.5 Å². The van der Waals surface area contributed by atoms with Gasteiger partial charge in [-0.3, -0.25) is 9.10 Å². The van der Waals surface area contributed by atoms with Crippen LogP contribution in [-0.2, 0) is 14.8 Å². The zero-order chi connectivity index (χ0) is 21.0. The zero-order valence-corrected chi connectivity index (χ0v) is 17.4. The van der Waals surface area contributed by atoms with Gasteiger partial charge in [-0.05, 0) is 48.9 Å². The summed E-state index contributed by atoms with van der Waals surface area (Å²) in [5.74, 6) is 1.47. The number of hydrogen-bond donors (Lipinski definition) is 1. The van der Waals surface area contributed by atoms with Crippen LogP contribution >= 0.6 is 0 Å². The largest absolute Gasteiger partial charge is 0.497 e. The summed E-state index contributed by atoms with van der Waals surface area (Å²) in [5.41, 5.74) is 1.22. The Balaban J connectivity index is 1.71. The predicted octanol–water partition coefficient (Wildman–Crippen LogP) is 2.11. The molecule has 0 fully saturated rings. The van der Waals surface area contributed by atoms with Crippen LogP contribution in [0.5, 0.6) is 17.2 Å². The topological polar surface area (TPSA) is 94.2 Å². The molecule has 0 saturated heterocycles. The molecule has 1 aliphatic heterocycles. The molecule has 0 saturated carbocycles. The Labute approximate surface area is 170 Å². The second-order valence-corrected chi connectivity index (χ2v) is 8.57. The number of fused-ring (bicyclic) bond motifs is 1. The summed E-state index contributed by atoms with van der Waals surface area (Å²) in [6, 6.07) is 11.6. The molecule has 0 bridgehead atoms. The summed E-state index contributed by atoms with van der Waals surface area (Å²) in [6.45, 7) is 2.47. The fourth-order valence-corrected chi connectivity index (χ4v) is 3.84. The van der Waals surface area contributed by atoms with E-state index in [2.05, 4.69) is 5.32 Å². The van der Waals surface area contributed by atoms with Gasteiger partial charge in [0.25, 0.3) is 0 Å². The monoisotopic (exact) mass is 420 g/mol. The summed E-state index contributed by atoms with van der Waals surface area (Å²) >= 11 is 0. The lowest BCUT2D eigenvalue weighted by Gasteiger charge is -2.24. The van der Waals surface area contributed by atoms with Gasteiger partial charge in [-0.25, -0.2) is 8.42 Å². The first-order valence-corrected chi connectivity index (χ1v) is 10.9. The molecule has 0 aliphatic carbocycles. The summed E-state index contributed by atoms with van der Waals surface area (Å²) < 4.78 is 41.7. The minimum atomic E-state index is -3.65.